The van der Waals surface area contributed by atoms with E-state index in [1.165, 1.54) is 40.6 Å². The Balaban J connectivity index is 1.80. The molecule has 14 heteroatoms. The standard InChI is InChI=1S/C23H29ClN6O6S/c1-13-16(9-10-36-13)22-27-28-23(30(22)19-17(33-3)7-6-8-18(19)34-4)29-37(31,32)14(2)20(35-5)21-25-11-15(24)12-26-21/h6-8,11-14,16,20H,9-10H2,1-5H3,(H,28,29)/t13-,14-,16+,20-/m0/s1. The summed E-state index contributed by atoms with van der Waals surface area (Å²) in [6.07, 6.45) is 2.33. The van der Waals surface area contributed by atoms with E-state index in [1.54, 1.807) is 22.8 Å². The van der Waals surface area contributed by atoms with Crippen molar-refractivity contribution in [3.8, 4) is 17.2 Å². The van der Waals surface area contributed by atoms with Gasteiger partial charge in [-0.3, -0.25) is 9.29 Å². The highest BCUT2D eigenvalue weighted by Gasteiger charge is 2.37. The van der Waals surface area contributed by atoms with E-state index >= 15 is 0 Å². The van der Waals surface area contributed by atoms with E-state index in [1.807, 2.05) is 6.92 Å². The van der Waals surface area contributed by atoms with Crippen molar-refractivity contribution in [3.63, 3.8) is 0 Å². The van der Waals surface area contributed by atoms with Crippen molar-refractivity contribution >= 4 is 27.6 Å². The van der Waals surface area contributed by atoms with E-state index in [2.05, 4.69) is 24.9 Å². The normalized spacial score (nSPS) is 19.4. The Kier molecular flexibility index (Phi) is 8.17. The number of rotatable bonds is 10. The van der Waals surface area contributed by atoms with Crippen LogP contribution in [0.15, 0.2) is 30.6 Å². The number of para-hydroxylation sites is 1. The molecule has 2 aromatic heterocycles. The maximum absolute atomic E-state index is 13.6. The number of hydrogen-bond donors (Lipinski definition) is 1. The van der Waals surface area contributed by atoms with Crippen molar-refractivity contribution in [2.75, 3.05) is 32.7 Å². The third-order valence-electron chi connectivity index (χ3n) is 6.32. The van der Waals surface area contributed by atoms with E-state index in [9.17, 15) is 8.42 Å². The lowest BCUT2D eigenvalue weighted by atomic mass is 10.0. The topological polar surface area (TPSA) is 140 Å². The van der Waals surface area contributed by atoms with Gasteiger partial charge in [0.05, 0.1) is 25.3 Å². The summed E-state index contributed by atoms with van der Waals surface area (Å²) in [5.74, 6) is 1.43. The van der Waals surface area contributed by atoms with Crippen LogP contribution in [0.3, 0.4) is 0 Å². The predicted molar refractivity (Wildman–Crippen MR) is 136 cm³/mol. The molecule has 0 amide bonds. The second-order valence-electron chi connectivity index (χ2n) is 8.47. The number of nitrogens with zero attached hydrogens (tertiary/aromatic N) is 5. The van der Waals surface area contributed by atoms with Gasteiger partial charge in [0, 0.05) is 32.0 Å². The third kappa shape index (κ3) is 5.35. The van der Waals surface area contributed by atoms with Gasteiger partial charge in [0.25, 0.3) is 0 Å². The van der Waals surface area contributed by atoms with Crippen LogP contribution in [-0.4, -0.2) is 72.4 Å². The number of anilines is 1. The van der Waals surface area contributed by atoms with Crippen LogP contribution < -0.4 is 14.2 Å². The molecule has 1 aliphatic rings. The molecule has 37 heavy (non-hydrogen) atoms. The van der Waals surface area contributed by atoms with Crippen LogP contribution in [0.5, 0.6) is 11.5 Å². The lowest BCUT2D eigenvalue weighted by Crippen LogP contribution is -2.33. The van der Waals surface area contributed by atoms with Crippen molar-refractivity contribution in [2.45, 2.75) is 43.6 Å². The number of nitrogens with one attached hydrogen (secondary N) is 1. The summed E-state index contributed by atoms with van der Waals surface area (Å²) in [5.41, 5.74) is 0.460. The SMILES string of the molecule is COc1cccc(OC)c1-n1c(NS(=O)(=O)[C@@H](C)[C@H](OC)c2ncc(Cl)cn2)nnc1[C@@H]1CCO[C@H]1C. The summed E-state index contributed by atoms with van der Waals surface area (Å²) in [6.45, 7) is 3.99. The molecule has 12 nitrogen and oxygen atoms in total. The summed E-state index contributed by atoms with van der Waals surface area (Å²) < 4.78 is 53.8. The first-order valence-corrected chi connectivity index (χ1v) is 13.4. The van der Waals surface area contributed by atoms with Gasteiger partial charge in [-0.25, -0.2) is 18.4 Å². The number of benzene rings is 1. The van der Waals surface area contributed by atoms with Gasteiger partial charge in [0.1, 0.15) is 34.4 Å². The molecule has 0 spiro atoms. The van der Waals surface area contributed by atoms with Crippen LogP contribution in [0.25, 0.3) is 5.69 Å². The zero-order chi connectivity index (χ0) is 26.7. The number of aromatic nitrogens is 5. The lowest BCUT2D eigenvalue weighted by Gasteiger charge is -2.23. The number of sulfonamides is 1. The van der Waals surface area contributed by atoms with Crippen LogP contribution in [0.2, 0.25) is 5.02 Å². The Morgan fingerprint density at radius 3 is 2.32 bits per heavy atom. The number of ether oxygens (including phenoxy) is 4. The fourth-order valence-corrected chi connectivity index (χ4v) is 5.53. The van der Waals surface area contributed by atoms with Gasteiger partial charge >= 0.3 is 0 Å². The quantitative estimate of drug-likeness (QED) is 0.399. The van der Waals surface area contributed by atoms with Crippen LogP contribution in [0, 0.1) is 0 Å². The molecule has 1 aliphatic heterocycles. The molecule has 4 atom stereocenters. The van der Waals surface area contributed by atoms with Gasteiger partial charge in [-0.15, -0.1) is 10.2 Å². The molecule has 0 aliphatic carbocycles. The Morgan fingerprint density at radius 2 is 1.78 bits per heavy atom. The van der Waals surface area contributed by atoms with Crippen molar-refractivity contribution in [3.05, 3.63) is 47.3 Å². The number of halogens is 1. The van der Waals surface area contributed by atoms with Gasteiger partial charge in [-0.2, -0.15) is 0 Å². The molecule has 0 saturated carbocycles. The molecular formula is C23H29ClN6O6S. The molecule has 1 saturated heterocycles. The Labute approximate surface area is 220 Å². The molecule has 0 radical (unpaired) electrons. The van der Waals surface area contributed by atoms with Gasteiger partial charge in [0.15, 0.2) is 5.82 Å². The highest BCUT2D eigenvalue weighted by Crippen LogP contribution is 2.40. The minimum Gasteiger partial charge on any atom is -0.494 e. The number of methoxy groups -OCH3 is 3. The first kappa shape index (κ1) is 27.0. The van der Waals surface area contributed by atoms with Crippen LogP contribution >= 0.6 is 11.6 Å². The van der Waals surface area contributed by atoms with Crippen LogP contribution in [-0.2, 0) is 19.5 Å². The van der Waals surface area contributed by atoms with E-state index < -0.39 is 21.4 Å². The lowest BCUT2D eigenvalue weighted by molar-refractivity contribution is 0.0950. The summed E-state index contributed by atoms with van der Waals surface area (Å²) in [4.78, 5) is 8.25. The van der Waals surface area contributed by atoms with Crippen LogP contribution in [0.1, 0.15) is 43.9 Å². The Bertz CT molecular complexity index is 1310. The molecule has 1 fully saturated rings. The van der Waals surface area contributed by atoms with E-state index in [-0.39, 0.29) is 23.8 Å². The van der Waals surface area contributed by atoms with E-state index in [0.717, 1.165) is 0 Å². The van der Waals surface area contributed by atoms with Gasteiger partial charge in [-0.1, -0.05) is 17.7 Å². The predicted octanol–water partition coefficient (Wildman–Crippen LogP) is 3.14. The van der Waals surface area contributed by atoms with Gasteiger partial charge in [-0.05, 0) is 32.4 Å². The molecule has 1 N–H and O–H groups in total. The smallest absolute Gasteiger partial charge is 0.243 e. The molecule has 0 unspecified atom stereocenters. The summed E-state index contributed by atoms with van der Waals surface area (Å²) in [5, 5.41) is 7.81. The second-order valence-corrected chi connectivity index (χ2v) is 10.9. The fourth-order valence-electron chi connectivity index (χ4n) is 4.30. The molecule has 3 heterocycles. The Hall–Kier alpha value is -3.00. The monoisotopic (exact) mass is 552 g/mol. The van der Waals surface area contributed by atoms with Crippen molar-refractivity contribution < 1.29 is 27.4 Å². The summed E-state index contributed by atoms with van der Waals surface area (Å²) >= 11 is 5.88. The van der Waals surface area contributed by atoms with Crippen molar-refractivity contribution in [2.24, 2.45) is 0 Å². The Morgan fingerprint density at radius 1 is 1.14 bits per heavy atom. The average Bonchev–Trinajstić information content (AvgIpc) is 3.49. The first-order valence-electron chi connectivity index (χ1n) is 11.5. The molecule has 0 bridgehead atoms. The highest BCUT2D eigenvalue weighted by molar-refractivity contribution is 7.93. The highest BCUT2D eigenvalue weighted by atomic mass is 35.5. The molecule has 3 aromatic rings. The van der Waals surface area contributed by atoms with E-state index in [4.69, 9.17) is 30.5 Å². The van der Waals surface area contributed by atoms with Crippen molar-refractivity contribution in [1.29, 1.82) is 0 Å². The molecule has 200 valence electrons. The number of hydrogen-bond acceptors (Lipinski definition) is 10. The first-order chi connectivity index (χ1) is 17.7. The molecule has 4 rings (SSSR count). The summed E-state index contributed by atoms with van der Waals surface area (Å²) in [6, 6.07) is 5.26. The summed E-state index contributed by atoms with van der Waals surface area (Å²) in [7, 11) is 0.322. The largest absolute Gasteiger partial charge is 0.494 e. The van der Waals surface area contributed by atoms with Crippen LogP contribution in [0.4, 0.5) is 5.95 Å². The average molecular weight is 553 g/mol. The van der Waals surface area contributed by atoms with E-state index in [0.29, 0.717) is 41.1 Å². The minimum absolute atomic E-state index is 0.0318. The molecule has 1 aromatic carbocycles. The van der Waals surface area contributed by atoms with Gasteiger partial charge < -0.3 is 18.9 Å². The van der Waals surface area contributed by atoms with Crippen molar-refractivity contribution in [1.82, 2.24) is 24.7 Å². The third-order valence-corrected chi connectivity index (χ3v) is 8.21. The maximum atomic E-state index is 13.6. The fraction of sp³-hybridized carbons (Fsp3) is 0.478. The second kappa shape index (κ2) is 11.2. The zero-order valence-corrected chi connectivity index (χ0v) is 22.7. The minimum atomic E-state index is -4.10. The zero-order valence-electron chi connectivity index (χ0n) is 21.1. The molecular weight excluding hydrogens is 524 g/mol. The van der Waals surface area contributed by atoms with Gasteiger partial charge in [0.2, 0.25) is 16.0 Å². The maximum Gasteiger partial charge on any atom is 0.243 e.